The van der Waals surface area contributed by atoms with Gasteiger partial charge >= 0.3 is 0 Å². The molecule has 104 valence electrons. The summed E-state index contributed by atoms with van der Waals surface area (Å²) in [6, 6.07) is 5.33. The molecule has 0 bridgehead atoms. The molecule has 1 N–H and O–H groups in total. The number of likely N-dealkylation sites (N-methyl/N-ethyl adjacent to an activating group) is 1. The molecule has 0 aromatic heterocycles. The van der Waals surface area contributed by atoms with Crippen molar-refractivity contribution in [1.82, 2.24) is 10.2 Å². The molecule has 1 aliphatic rings. The van der Waals surface area contributed by atoms with Crippen LogP contribution in [0.1, 0.15) is 18.4 Å². The Kier molecular flexibility index (Phi) is 5.08. The number of hydrogen-bond acceptors (Lipinski definition) is 2. The van der Waals surface area contributed by atoms with Gasteiger partial charge in [0.2, 0.25) is 5.91 Å². The minimum Gasteiger partial charge on any atom is -0.340 e. The van der Waals surface area contributed by atoms with Crippen LogP contribution in [0.5, 0.6) is 0 Å². The van der Waals surface area contributed by atoms with Gasteiger partial charge in [-0.05, 0) is 43.0 Å². The predicted octanol–water partition coefficient (Wildman–Crippen LogP) is 2.95. The summed E-state index contributed by atoms with van der Waals surface area (Å²) < 4.78 is 0. The number of carbonyl (C=O) groups is 1. The van der Waals surface area contributed by atoms with Crippen LogP contribution in [0.4, 0.5) is 0 Å². The highest BCUT2D eigenvalue weighted by Gasteiger charge is 2.21. The Hall–Kier alpha value is -0.770. The molecule has 1 fully saturated rings. The molecule has 1 aromatic carbocycles. The second kappa shape index (κ2) is 6.60. The molecule has 0 atom stereocenters. The van der Waals surface area contributed by atoms with Crippen LogP contribution in [0, 0.1) is 5.92 Å². The molecule has 2 rings (SSSR count). The molecule has 19 heavy (non-hydrogen) atoms. The maximum Gasteiger partial charge on any atom is 0.236 e. The van der Waals surface area contributed by atoms with Crippen molar-refractivity contribution in [3.05, 3.63) is 33.8 Å². The first-order valence-corrected chi connectivity index (χ1v) is 7.20. The molecular formula is C14H18Cl2N2O. The topological polar surface area (TPSA) is 32.3 Å². The average molecular weight is 301 g/mol. The van der Waals surface area contributed by atoms with Crippen molar-refractivity contribution in [3.8, 4) is 0 Å². The SMILES string of the molecule is CN(Cc1ccc(Cl)cc1Cl)C(=O)CNCC1CC1. The maximum atomic E-state index is 11.9. The molecular weight excluding hydrogens is 283 g/mol. The quantitative estimate of drug-likeness (QED) is 0.876. The Balaban J connectivity index is 1.81. The number of carbonyl (C=O) groups excluding carboxylic acids is 1. The van der Waals surface area contributed by atoms with Crippen molar-refractivity contribution < 1.29 is 4.79 Å². The molecule has 1 aliphatic carbocycles. The highest BCUT2D eigenvalue weighted by molar-refractivity contribution is 6.35. The summed E-state index contributed by atoms with van der Waals surface area (Å²) in [5.41, 5.74) is 0.907. The number of halogens is 2. The molecule has 0 aliphatic heterocycles. The third-order valence-electron chi connectivity index (χ3n) is 3.25. The summed E-state index contributed by atoms with van der Waals surface area (Å²) in [4.78, 5) is 13.6. The van der Waals surface area contributed by atoms with Crippen LogP contribution < -0.4 is 5.32 Å². The van der Waals surface area contributed by atoms with Gasteiger partial charge in [0.25, 0.3) is 0 Å². The van der Waals surface area contributed by atoms with E-state index in [0.29, 0.717) is 23.1 Å². The van der Waals surface area contributed by atoms with E-state index in [1.165, 1.54) is 12.8 Å². The lowest BCUT2D eigenvalue weighted by Crippen LogP contribution is -2.35. The van der Waals surface area contributed by atoms with Crippen LogP contribution >= 0.6 is 23.2 Å². The summed E-state index contributed by atoms with van der Waals surface area (Å²) in [6.45, 7) is 1.83. The van der Waals surface area contributed by atoms with Crippen molar-refractivity contribution in [2.24, 2.45) is 5.92 Å². The molecule has 0 radical (unpaired) electrons. The van der Waals surface area contributed by atoms with Gasteiger partial charge in [0, 0.05) is 23.6 Å². The standard InChI is InChI=1S/C14H18Cl2N2O/c1-18(14(19)8-17-7-10-2-3-10)9-11-4-5-12(15)6-13(11)16/h4-6,10,17H,2-3,7-9H2,1H3. The molecule has 0 saturated heterocycles. The van der Waals surface area contributed by atoms with Crippen LogP contribution in [-0.4, -0.2) is 30.9 Å². The normalized spacial score (nSPS) is 14.5. The van der Waals surface area contributed by atoms with Crippen LogP contribution in [0.2, 0.25) is 10.0 Å². The van der Waals surface area contributed by atoms with Crippen LogP contribution in [0.3, 0.4) is 0 Å². The van der Waals surface area contributed by atoms with Crippen LogP contribution in [0.15, 0.2) is 18.2 Å². The van der Waals surface area contributed by atoms with Crippen molar-refractivity contribution in [3.63, 3.8) is 0 Å². The van der Waals surface area contributed by atoms with Gasteiger partial charge in [-0.25, -0.2) is 0 Å². The first kappa shape index (κ1) is 14.6. The van der Waals surface area contributed by atoms with E-state index in [2.05, 4.69) is 5.32 Å². The average Bonchev–Trinajstić information content (AvgIpc) is 3.16. The molecule has 3 nitrogen and oxygen atoms in total. The van der Waals surface area contributed by atoms with Crippen LogP contribution in [-0.2, 0) is 11.3 Å². The third-order valence-corrected chi connectivity index (χ3v) is 3.84. The lowest BCUT2D eigenvalue weighted by molar-refractivity contribution is -0.129. The fraction of sp³-hybridized carbons (Fsp3) is 0.500. The smallest absolute Gasteiger partial charge is 0.236 e. The number of rotatable bonds is 6. The zero-order chi connectivity index (χ0) is 13.8. The minimum absolute atomic E-state index is 0.0756. The fourth-order valence-electron chi connectivity index (χ4n) is 1.83. The number of benzene rings is 1. The van der Waals surface area contributed by atoms with Crippen molar-refractivity contribution in [2.45, 2.75) is 19.4 Å². The van der Waals surface area contributed by atoms with Gasteiger partial charge in [-0.3, -0.25) is 4.79 Å². The van der Waals surface area contributed by atoms with Gasteiger partial charge in [-0.2, -0.15) is 0 Å². The van der Waals surface area contributed by atoms with Gasteiger partial charge < -0.3 is 10.2 Å². The first-order valence-electron chi connectivity index (χ1n) is 6.45. The van der Waals surface area contributed by atoms with E-state index >= 15 is 0 Å². The number of nitrogens with zero attached hydrogens (tertiary/aromatic N) is 1. The zero-order valence-corrected chi connectivity index (χ0v) is 12.5. The number of hydrogen-bond donors (Lipinski definition) is 1. The molecule has 1 saturated carbocycles. The molecule has 0 unspecified atom stereocenters. The second-order valence-corrected chi connectivity index (χ2v) is 5.90. The number of nitrogens with one attached hydrogen (secondary N) is 1. The summed E-state index contributed by atoms with van der Waals surface area (Å²) in [7, 11) is 1.78. The molecule has 0 heterocycles. The second-order valence-electron chi connectivity index (χ2n) is 5.06. The lowest BCUT2D eigenvalue weighted by atomic mass is 10.2. The summed E-state index contributed by atoms with van der Waals surface area (Å²) in [5, 5.41) is 4.39. The van der Waals surface area contributed by atoms with Gasteiger partial charge in [-0.1, -0.05) is 29.3 Å². The maximum absolute atomic E-state index is 11.9. The van der Waals surface area contributed by atoms with E-state index in [0.717, 1.165) is 18.0 Å². The fourth-order valence-corrected chi connectivity index (χ4v) is 2.30. The van der Waals surface area contributed by atoms with E-state index in [1.54, 1.807) is 24.1 Å². The summed E-state index contributed by atoms with van der Waals surface area (Å²) >= 11 is 11.9. The Morgan fingerprint density at radius 1 is 1.42 bits per heavy atom. The predicted molar refractivity (Wildman–Crippen MR) is 78.5 cm³/mol. The summed E-state index contributed by atoms with van der Waals surface area (Å²) in [5.74, 6) is 0.857. The largest absolute Gasteiger partial charge is 0.340 e. The van der Waals surface area contributed by atoms with E-state index in [4.69, 9.17) is 23.2 Å². The zero-order valence-electron chi connectivity index (χ0n) is 11.0. The summed E-state index contributed by atoms with van der Waals surface area (Å²) in [6.07, 6.45) is 2.58. The van der Waals surface area contributed by atoms with Crippen molar-refractivity contribution >= 4 is 29.1 Å². The van der Waals surface area contributed by atoms with E-state index < -0.39 is 0 Å². The Morgan fingerprint density at radius 2 is 2.16 bits per heavy atom. The molecule has 1 amide bonds. The van der Waals surface area contributed by atoms with Crippen molar-refractivity contribution in [2.75, 3.05) is 20.1 Å². The Morgan fingerprint density at radius 3 is 2.79 bits per heavy atom. The van der Waals surface area contributed by atoms with Gasteiger partial charge in [0.15, 0.2) is 0 Å². The van der Waals surface area contributed by atoms with Gasteiger partial charge in [0.1, 0.15) is 0 Å². The first-order chi connectivity index (χ1) is 9.06. The van der Waals surface area contributed by atoms with Crippen LogP contribution in [0.25, 0.3) is 0 Å². The Bertz CT molecular complexity index is 461. The third kappa shape index (κ3) is 4.68. The molecule has 5 heteroatoms. The number of amides is 1. The van der Waals surface area contributed by atoms with E-state index in [1.807, 2.05) is 6.07 Å². The van der Waals surface area contributed by atoms with Gasteiger partial charge in [0.05, 0.1) is 6.54 Å². The lowest BCUT2D eigenvalue weighted by Gasteiger charge is -2.18. The molecule has 0 spiro atoms. The van der Waals surface area contributed by atoms with E-state index in [9.17, 15) is 4.79 Å². The highest BCUT2D eigenvalue weighted by Crippen LogP contribution is 2.27. The molecule has 1 aromatic rings. The van der Waals surface area contributed by atoms with E-state index in [-0.39, 0.29) is 5.91 Å². The Labute approximate surface area is 123 Å². The minimum atomic E-state index is 0.0756. The highest BCUT2D eigenvalue weighted by atomic mass is 35.5. The van der Waals surface area contributed by atoms with Gasteiger partial charge in [-0.15, -0.1) is 0 Å². The monoisotopic (exact) mass is 300 g/mol. The van der Waals surface area contributed by atoms with Crippen molar-refractivity contribution in [1.29, 1.82) is 0 Å².